The summed E-state index contributed by atoms with van der Waals surface area (Å²) in [5.74, 6) is -0.271. The van der Waals surface area contributed by atoms with Gasteiger partial charge in [0, 0.05) is 10.7 Å². The Morgan fingerprint density at radius 2 is 2.10 bits per heavy atom. The van der Waals surface area contributed by atoms with E-state index in [0.29, 0.717) is 12.1 Å². The molecule has 1 amide bonds. The lowest BCUT2D eigenvalue weighted by molar-refractivity contribution is -0.117. The zero-order valence-electron chi connectivity index (χ0n) is 11.2. The average molecular weight is 369 g/mol. The van der Waals surface area contributed by atoms with Gasteiger partial charge in [0.2, 0.25) is 5.91 Å². The summed E-state index contributed by atoms with van der Waals surface area (Å²) in [6.07, 6.45) is 2.88. The second kappa shape index (κ2) is 7.54. The predicted molar refractivity (Wildman–Crippen MR) is 88.3 cm³/mol. The van der Waals surface area contributed by atoms with Crippen LogP contribution in [0.2, 0.25) is 5.15 Å². The van der Waals surface area contributed by atoms with E-state index < -0.39 is 6.04 Å². The lowest BCUT2D eigenvalue weighted by atomic mass is 10.1. The van der Waals surface area contributed by atoms with Crippen molar-refractivity contribution in [2.75, 3.05) is 5.32 Å². The number of aromatic nitrogens is 1. The molecule has 0 spiro atoms. The normalized spacial score (nSPS) is 12.0. The van der Waals surface area contributed by atoms with Crippen molar-refractivity contribution in [3.05, 3.63) is 57.8 Å². The molecule has 0 aliphatic heterocycles. The maximum Gasteiger partial charge on any atom is 0.241 e. The minimum Gasteiger partial charge on any atom is -0.322 e. The first-order valence-corrected chi connectivity index (χ1v) is 7.65. The number of halogens is 2. The molecule has 0 saturated carbocycles. The van der Waals surface area contributed by atoms with Gasteiger partial charge in [0.15, 0.2) is 5.15 Å². The highest BCUT2D eigenvalue weighted by Crippen LogP contribution is 2.23. The average Bonchev–Trinajstić information content (AvgIpc) is 2.49. The maximum atomic E-state index is 12.1. The number of nitrogens with zero attached hydrogens (tertiary/aromatic N) is 1. The zero-order valence-corrected chi connectivity index (χ0v) is 13.6. The summed E-state index contributed by atoms with van der Waals surface area (Å²) in [5, 5.41) is 2.94. The molecule has 110 valence electrons. The number of aryl methyl sites for hydroxylation is 1. The summed E-state index contributed by atoms with van der Waals surface area (Å²) in [6.45, 7) is 0. The largest absolute Gasteiger partial charge is 0.322 e. The predicted octanol–water partition coefficient (Wildman–Crippen LogP) is 3.40. The number of anilines is 1. The molecule has 0 saturated heterocycles. The molecule has 2 rings (SSSR count). The van der Waals surface area contributed by atoms with Gasteiger partial charge in [-0.1, -0.05) is 41.9 Å². The molecular weight excluding hydrogens is 354 g/mol. The van der Waals surface area contributed by atoms with Gasteiger partial charge in [-0.05, 0) is 40.4 Å². The van der Waals surface area contributed by atoms with Gasteiger partial charge >= 0.3 is 0 Å². The molecule has 21 heavy (non-hydrogen) atoms. The quantitative estimate of drug-likeness (QED) is 0.795. The van der Waals surface area contributed by atoms with Gasteiger partial charge in [0.1, 0.15) is 0 Å². The van der Waals surface area contributed by atoms with E-state index in [2.05, 4.69) is 26.2 Å². The van der Waals surface area contributed by atoms with Crippen LogP contribution < -0.4 is 11.1 Å². The number of nitrogens with two attached hydrogens (primary N) is 1. The van der Waals surface area contributed by atoms with Gasteiger partial charge in [-0.15, -0.1) is 0 Å². The first kappa shape index (κ1) is 15.9. The van der Waals surface area contributed by atoms with Crippen molar-refractivity contribution < 1.29 is 4.79 Å². The number of hydrogen-bond donors (Lipinski definition) is 2. The Balaban J connectivity index is 1.92. The number of hydrogen-bond acceptors (Lipinski definition) is 3. The fourth-order valence-corrected chi connectivity index (χ4v) is 2.32. The van der Waals surface area contributed by atoms with Crippen molar-refractivity contribution in [1.82, 2.24) is 4.98 Å². The van der Waals surface area contributed by atoms with Crippen LogP contribution in [-0.4, -0.2) is 16.9 Å². The molecule has 1 aromatic carbocycles. The summed E-state index contributed by atoms with van der Waals surface area (Å²) in [4.78, 5) is 16.0. The molecule has 1 unspecified atom stereocenters. The molecule has 0 aliphatic carbocycles. The van der Waals surface area contributed by atoms with Crippen LogP contribution in [0.1, 0.15) is 12.0 Å². The molecular formula is C15H15BrClN3O. The van der Waals surface area contributed by atoms with Gasteiger partial charge in [0.25, 0.3) is 0 Å². The summed E-state index contributed by atoms with van der Waals surface area (Å²) in [5.41, 5.74) is 7.52. The van der Waals surface area contributed by atoms with Gasteiger partial charge < -0.3 is 11.1 Å². The Kier molecular flexibility index (Phi) is 5.73. The first-order valence-electron chi connectivity index (χ1n) is 6.47. The minimum absolute atomic E-state index is 0.238. The molecule has 1 heterocycles. The van der Waals surface area contributed by atoms with E-state index in [4.69, 9.17) is 17.3 Å². The Morgan fingerprint density at radius 1 is 1.38 bits per heavy atom. The Labute approximate surface area is 136 Å². The van der Waals surface area contributed by atoms with Crippen LogP contribution in [0.3, 0.4) is 0 Å². The van der Waals surface area contributed by atoms with E-state index in [1.165, 1.54) is 0 Å². The third-order valence-electron chi connectivity index (χ3n) is 2.99. The molecule has 4 nitrogen and oxygen atoms in total. The molecule has 0 bridgehead atoms. The van der Waals surface area contributed by atoms with Gasteiger partial charge in [0.05, 0.1) is 11.7 Å². The van der Waals surface area contributed by atoms with Crippen molar-refractivity contribution in [2.45, 2.75) is 18.9 Å². The summed E-state index contributed by atoms with van der Waals surface area (Å²) >= 11 is 9.21. The van der Waals surface area contributed by atoms with Crippen LogP contribution in [0, 0.1) is 0 Å². The molecule has 0 radical (unpaired) electrons. The molecule has 0 fully saturated rings. The summed E-state index contributed by atoms with van der Waals surface area (Å²) < 4.78 is 0.736. The topological polar surface area (TPSA) is 68.0 Å². The molecule has 0 aliphatic rings. The van der Waals surface area contributed by atoms with Gasteiger partial charge in [-0.3, -0.25) is 4.79 Å². The van der Waals surface area contributed by atoms with Crippen molar-refractivity contribution in [3.63, 3.8) is 0 Å². The number of rotatable bonds is 5. The Bertz CT molecular complexity index is 622. The van der Waals surface area contributed by atoms with Crippen molar-refractivity contribution >= 4 is 39.1 Å². The molecule has 1 aromatic heterocycles. The molecule has 6 heteroatoms. The standard InChI is InChI=1S/C15H15BrClN3O/c16-11-8-13(14(17)19-9-11)20-15(21)12(18)7-6-10-4-2-1-3-5-10/h1-5,8-9,12H,6-7,18H2,(H,20,21). The lowest BCUT2D eigenvalue weighted by Gasteiger charge is -2.13. The molecule has 2 aromatic rings. The fourth-order valence-electron chi connectivity index (χ4n) is 1.83. The maximum absolute atomic E-state index is 12.1. The van der Waals surface area contributed by atoms with Crippen LogP contribution in [0.15, 0.2) is 47.1 Å². The van der Waals surface area contributed by atoms with E-state index in [9.17, 15) is 4.79 Å². The van der Waals surface area contributed by atoms with E-state index in [1.807, 2.05) is 30.3 Å². The fraction of sp³-hybridized carbons (Fsp3) is 0.200. The number of carbonyl (C=O) groups is 1. The van der Waals surface area contributed by atoms with Crippen LogP contribution in [0.25, 0.3) is 0 Å². The number of benzene rings is 1. The van der Waals surface area contributed by atoms with E-state index in [1.54, 1.807) is 12.3 Å². The van der Waals surface area contributed by atoms with Crippen LogP contribution in [0.5, 0.6) is 0 Å². The molecule has 1 atom stereocenters. The SMILES string of the molecule is NC(CCc1ccccc1)C(=O)Nc1cc(Br)cnc1Cl. The van der Waals surface area contributed by atoms with Crippen LogP contribution in [0.4, 0.5) is 5.69 Å². The van der Waals surface area contributed by atoms with E-state index >= 15 is 0 Å². The van der Waals surface area contributed by atoms with Gasteiger partial charge in [-0.25, -0.2) is 4.98 Å². The third kappa shape index (κ3) is 4.81. The Morgan fingerprint density at radius 3 is 2.81 bits per heavy atom. The number of pyridine rings is 1. The van der Waals surface area contributed by atoms with E-state index in [-0.39, 0.29) is 11.1 Å². The lowest BCUT2D eigenvalue weighted by Crippen LogP contribution is -2.36. The minimum atomic E-state index is -0.597. The zero-order chi connectivity index (χ0) is 15.2. The highest BCUT2D eigenvalue weighted by Gasteiger charge is 2.15. The van der Waals surface area contributed by atoms with Crippen molar-refractivity contribution in [2.24, 2.45) is 5.73 Å². The highest BCUT2D eigenvalue weighted by molar-refractivity contribution is 9.10. The van der Waals surface area contributed by atoms with Gasteiger partial charge in [-0.2, -0.15) is 0 Å². The Hall–Kier alpha value is -1.43. The highest BCUT2D eigenvalue weighted by atomic mass is 79.9. The van der Waals surface area contributed by atoms with E-state index in [0.717, 1.165) is 16.5 Å². The van der Waals surface area contributed by atoms with Crippen molar-refractivity contribution in [3.8, 4) is 0 Å². The summed E-state index contributed by atoms with van der Waals surface area (Å²) in [7, 11) is 0. The second-order valence-corrected chi connectivity index (χ2v) is 5.89. The number of nitrogens with one attached hydrogen (secondary N) is 1. The van der Waals surface area contributed by atoms with Crippen molar-refractivity contribution in [1.29, 1.82) is 0 Å². The molecule has 3 N–H and O–H groups in total. The second-order valence-electron chi connectivity index (χ2n) is 4.61. The monoisotopic (exact) mass is 367 g/mol. The summed E-state index contributed by atoms with van der Waals surface area (Å²) in [6, 6.07) is 11.0. The first-order chi connectivity index (χ1) is 10.1. The van der Waals surface area contributed by atoms with Crippen LogP contribution in [-0.2, 0) is 11.2 Å². The third-order valence-corrected chi connectivity index (χ3v) is 3.72. The number of amides is 1. The smallest absolute Gasteiger partial charge is 0.241 e. The number of carbonyl (C=O) groups excluding carboxylic acids is 1. The van der Waals surface area contributed by atoms with Crippen LogP contribution >= 0.6 is 27.5 Å².